The van der Waals surface area contributed by atoms with Crippen molar-refractivity contribution >= 4 is 23.4 Å². The molecule has 3 N–H and O–H groups in total. The van der Waals surface area contributed by atoms with Gasteiger partial charge >= 0.3 is 12.4 Å². The number of urea groups is 1. The van der Waals surface area contributed by atoms with Crippen LogP contribution in [0.1, 0.15) is 17.0 Å². The number of methoxy groups -OCH3 is 1. The van der Waals surface area contributed by atoms with Crippen molar-refractivity contribution in [1.82, 2.24) is 19.8 Å². The lowest BCUT2D eigenvalue weighted by Crippen LogP contribution is -2.38. The molecule has 1 fully saturated rings. The normalized spacial score (nSPS) is 14.3. The number of alkyl halides is 3. The van der Waals surface area contributed by atoms with E-state index in [0.29, 0.717) is 32.9 Å². The highest BCUT2D eigenvalue weighted by Gasteiger charge is 2.31. The number of rotatable bonds is 11. The summed E-state index contributed by atoms with van der Waals surface area (Å²) < 4.78 is 52.6. The van der Waals surface area contributed by atoms with Crippen LogP contribution in [0.5, 0.6) is 5.75 Å². The molecule has 3 amide bonds. The number of imidazole rings is 1. The minimum absolute atomic E-state index is 0.113. The molecule has 1 aliphatic heterocycles. The number of benzene rings is 1. The summed E-state index contributed by atoms with van der Waals surface area (Å²) in [5.74, 6) is -0.561. The lowest BCUT2D eigenvalue weighted by atomic mass is 10.3. The van der Waals surface area contributed by atoms with Gasteiger partial charge in [-0.2, -0.15) is 0 Å². The van der Waals surface area contributed by atoms with Crippen LogP contribution < -0.4 is 20.7 Å². The maximum absolute atomic E-state index is 12.7. The maximum atomic E-state index is 12.7. The molecular weight excluding hydrogens is 485 g/mol. The second-order valence-electron chi connectivity index (χ2n) is 7.85. The fourth-order valence-corrected chi connectivity index (χ4v) is 3.44. The molecule has 0 aliphatic carbocycles. The molecule has 14 heteroatoms. The molecule has 1 saturated heterocycles. The van der Waals surface area contributed by atoms with Crippen molar-refractivity contribution in [3.05, 3.63) is 36.3 Å². The number of carbonyl (C=O) groups is 2. The number of nitrogens with one attached hydrogen (secondary N) is 3. The predicted octanol–water partition coefficient (Wildman–Crippen LogP) is 2.52. The van der Waals surface area contributed by atoms with Gasteiger partial charge in [0, 0.05) is 45.2 Å². The van der Waals surface area contributed by atoms with E-state index in [1.807, 2.05) is 0 Å². The first-order valence-corrected chi connectivity index (χ1v) is 11.3. The second-order valence-corrected chi connectivity index (χ2v) is 7.85. The van der Waals surface area contributed by atoms with Crippen molar-refractivity contribution in [2.75, 3.05) is 63.7 Å². The van der Waals surface area contributed by atoms with E-state index in [1.165, 1.54) is 25.4 Å². The number of halogens is 3. The highest BCUT2D eigenvalue weighted by Crippen LogP contribution is 2.24. The van der Waals surface area contributed by atoms with E-state index >= 15 is 0 Å². The quantitative estimate of drug-likeness (QED) is 0.395. The Morgan fingerprint density at radius 2 is 1.83 bits per heavy atom. The first-order chi connectivity index (χ1) is 17.2. The SMILES string of the molecule is COCCn1cc(NC(=O)Nc2ccc(OC(F)(F)F)cc2)nc1C(=O)NCCCN1CCOCC1. The highest BCUT2D eigenvalue weighted by molar-refractivity contribution is 5.99. The van der Waals surface area contributed by atoms with Crippen LogP contribution in [0.4, 0.5) is 29.5 Å². The van der Waals surface area contributed by atoms with Crippen LogP contribution in [0.2, 0.25) is 0 Å². The maximum Gasteiger partial charge on any atom is 0.573 e. The van der Waals surface area contributed by atoms with E-state index < -0.39 is 18.1 Å². The summed E-state index contributed by atoms with van der Waals surface area (Å²) in [7, 11) is 1.53. The zero-order valence-electron chi connectivity index (χ0n) is 19.8. The van der Waals surface area contributed by atoms with Crippen LogP contribution in [-0.2, 0) is 16.0 Å². The van der Waals surface area contributed by atoms with Crippen LogP contribution >= 0.6 is 0 Å². The Balaban J connectivity index is 1.54. The first kappa shape index (κ1) is 27.2. The Hall–Kier alpha value is -3.36. The summed E-state index contributed by atoms with van der Waals surface area (Å²) in [6.45, 7) is 5.14. The molecule has 11 nitrogen and oxygen atoms in total. The van der Waals surface area contributed by atoms with Gasteiger partial charge in [-0.25, -0.2) is 9.78 Å². The highest BCUT2D eigenvalue weighted by atomic mass is 19.4. The van der Waals surface area contributed by atoms with E-state index in [2.05, 4.69) is 30.6 Å². The number of hydrogen-bond acceptors (Lipinski definition) is 7. The third kappa shape index (κ3) is 9.02. The summed E-state index contributed by atoms with van der Waals surface area (Å²) >= 11 is 0. The standard InChI is InChI=1S/C22H29F3N6O5/c1-34-12-11-31-15-18(28-19(31)20(32)26-7-2-8-30-9-13-35-14-10-30)29-21(33)27-16-3-5-17(6-4-16)36-22(23,24)25/h3-6,15H,2,7-14H2,1H3,(H,26,32)(H2,27,29,33). The van der Waals surface area contributed by atoms with Gasteiger partial charge in [0.2, 0.25) is 5.82 Å². The number of aromatic nitrogens is 2. The second kappa shape index (κ2) is 13.1. The molecule has 0 bridgehead atoms. The Bertz CT molecular complexity index is 993. The fraction of sp³-hybridized carbons (Fsp3) is 0.500. The van der Waals surface area contributed by atoms with Gasteiger partial charge in [0.05, 0.1) is 19.8 Å². The zero-order chi connectivity index (χ0) is 26.0. The van der Waals surface area contributed by atoms with Crippen molar-refractivity contribution in [3.63, 3.8) is 0 Å². The zero-order valence-corrected chi connectivity index (χ0v) is 19.8. The molecule has 0 unspecified atom stereocenters. The fourth-order valence-electron chi connectivity index (χ4n) is 3.44. The van der Waals surface area contributed by atoms with Crippen molar-refractivity contribution in [1.29, 1.82) is 0 Å². The number of carbonyl (C=O) groups excluding carboxylic acids is 2. The Morgan fingerprint density at radius 3 is 2.50 bits per heavy atom. The molecule has 2 heterocycles. The van der Waals surface area contributed by atoms with Gasteiger partial charge < -0.3 is 29.4 Å². The summed E-state index contributed by atoms with van der Waals surface area (Å²) in [4.78, 5) is 31.5. The van der Waals surface area contributed by atoms with E-state index in [4.69, 9.17) is 9.47 Å². The number of anilines is 2. The Labute approximate surface area is 205 Å². The van der Waals surface area contributed by atoms with Gasteiger partial charge in [-0.05, 0) is 37.2 Å². The van der Waals surface area contributed by atoms with E-state index in [9.17, 15) is 22.8 Å². The van der Waals surface area contributed by atoms with Crippen molar-refractivity contribution < 1.29 is 37.0 Å². The van der Waals surface area contributed by atoms with Gasteiger partial charge in [-0.15, -0.1) is 13.2 Å². The predicted molar refractivity (Wildman–Crippen MR) is 124 cm³/mol. The minimum Gasteiger partial charge on any atom is -0.406 e. The molecule has 0 atom stereocenters. The summed E-state index contributed by atoms with van der Waals surface area (Å²) in [6, 6.07) is 3.98. The molecule has 0 saturated carbocycles. The van der Waals surface area contributed by atoms with Crippen LogP contribution in [0, 0.1) is 0 Å². The van der Waals surface area contributed by atoms with Gasteiger partial charge in [0.15, 0.2) is 5.82 Å². The molecular formula is C22H29F3N6O5. The van der Waals surface area contributed by atoms with Crippen LogP contribution in [-0.4, -0.2) is 85.9 Å². The van der Waals surface area contributed by atoms with Crippen molar-refractivity contribution in [3.8, 4) is 5.75 Å². The number of nitrogens with zero attached hydrogens (tertiary/aromatic N) is 3. The smallest absolute Gasteiger partial charge is 0.406 e. The number of hydrogen-bond donors (Lipinski definition) is 3. The van der Waals surface area contributed by atoms with Crippen LogP contribution in [0.15, 0.2) is 30.5 Å². The average Bonchev–Trinajstić information content (AvgIpc) is 3.23. The number of ether oxygens (including phenoxy) is 3. The van der Waals surface area contributed by atoms with Crippen molar-refractivity contribution in [2.24, 2.45) is 0 Å². The number of morpholine rings is 1. The third-order valence-corrected chi connectivity index (χ3v) is 5.14. The van der Waals surface area contributed by atoms with E-state index in [0.717, 1.165) is 38.2 Å². The molecule has 1 aromatic carbocycles. The van der Waals surface area contributed by atoms with Gasteiger partial charge in [-0.1, -0.05) is 0 Å². The van der Waals surface area contributed by atoms with E-state index in [1.54, 1.807) is 4.57 Å². The van der Waals surface area contributed by atoms with Gasteiger partial charge in [-0.3, -0.25) is 15.0 Å². The van der Waals surface area contributed by atoms with Gasteiger partial charge in [0.25, 0.3) is 5.91 Å². The van der Waals surface area contributed by atoms with Gasteiger partial charge in [0.1, 0.15) is 5.75 Å². The minimum atomic E-state index is -4.80. The summed E-state index contributed by atoms with van der Waals surface area (Å²) in [5.41, 5.74) is 0.235. The first-order valence-electron chi connectivity index (χ1n) is 11.3. The molecule has 0 spiro atoms. The lowest BCUT2D eigenvalue weighted by molar-refractivity contribution is -0.274. The Morgan fingerprint density at radius 1 is 1.11 bits per heavy atom. The van der Waals surface area contributed by atoms with Crippen LogP contribution in [0.25, 0.3) is 0 Å². The van der Waals surface area contributed by atoms with E-state index in [-0.39, 0.29) is 23.2 Å². The average molecular weight is 515 g/mol. The molecule has 36 heavy (non-hydrogen) atoms. The Kier molecular flexibility index (Phi) is 9.90. The molecule has 2 aromatic rings. The third-order valence-electron chi connectivity index (χ3n) is 5.14. The molecule has 1 aromatic heterocycles. The molecule has 1 aliphatic rings. The lowest BCUT2D eigenvalue weighted by Gasteiger charge is -2.26. The largest absolute Gasteiger partial charge is 0.573 e. The number of amides is 3. The van der Waals surface area contributed by atoms with Crippen LogP contribution in [0.3, 0.4) is 0 Å². The summed E-state index contributed by atoms with van der Waals surface area (Å²) in [5, 5.41) is 7.83. The monoisotopic (exact) mass is 514 g/mol. The topological polar surface area (TPSA) is 119 Å². The molecule has 3 rings (SSSR count). The van der Waals surface area contributed by atoms with Crippen molar-refractivity contribution in [2.45, 2.75) is 19.3 Å². The molecule has 0 radical (unpaired) electrons. The molecule has 198 valence electrons. The summed E-state index contributed by atoms with van der Waals surface area (Å²) in [6.07, 6.45) is -2.53.